The summed E-state index contributed by atoms with van der Waals surface area (Å²) in [5, 5.41) is 8.41. The van der Waals surface area contributed by atoms with E-state index in [1.54, 1.807) is 20.3 Å². The first-order valence-electron chi connectivity index (χ1n) is 10.4. The number of carbonyl (C=O) groups excluding carboxylic acids is 1. The molecular weight excluding hydrogens is 368 g/mol. The summed E-state index contributed by atoms with van der Waals surface area (Å²) in [7, 11) is 3.20. The van der Waals surface area contributed by atoms with Gasteiger partial charge in [0.15, 0.2) is 11.5 Å². The summed E-state index contributed by atoms with van der Waals surface area (Å²) >= 11 is 0. The Morgan fingerprint density at radius 2 is 1.55 bits per heavy atom. The molecule has 6 nitrogen and oxygen atoms in total. The molecule has 4 bridgehead atoms. The van der Waals surface area contributed by atoms with E-state index in [0.29, 0.717) is 34.9 Å². The van der Waals surface area contributed by atoms with Crippen LogP contribution < -0.4 is 14.2 Å². The zero-order valence-corrected chi connectivity index (χ0v) is 16.9. The monoisotopic (exact) mass is 394 g/mol. The number of aromatic nitrogens is 2. The van der Waals surface area contributed by atoms with E-state index in [1.165, 1.54) is 19.3 Å². The molecule has 0 spiro atoms. The van der Waals surface area contributed by atoms with Crippen molar-refractivity contribution >= 4 is 5.97 Å². The minimum Gasteiger partial charge on any atom is -0.493 e. The Morgan fingerprint density at radius 1 is 0.897 bits per heavy atom. The number of esters is 1. The second-order valence-corrected chi connectivity index (χ2v) is 8.91. The van der Waals surface area contributed by atoms with Crippen molar-refractivity contribution in [2.24, 2.45) is 23.2 Å². The fourth-order valence-electron chi connectivity index (χ4n) is 6.09. The molecule has 0 N–H and O–H groups in total. The van der Waals surface area contributed by atoms with Crippen LogP contribution in [-0.2, 0) is 4.79 Å². The van der Waals surface area contributed by atoms with Crippen molar-refractivity contribution in [2.45, 2.75) is 38.5 Å². The van der Waals surface area contributed by atoms with Gasteiger partial charge in [0.05, 0.1) is 25.3 Å². The van der Waals surface area contributed by atoms with Crippen molar-refractivity contribution in [1.29, 1.82) is 0 Å². The second-order valence-electron chi connectivity index (χ2n) is 8.91. The van der Waals surface area contributed by atoms with Crippen LogP contribution >= 0.6 is 0 Å². The third-order valence-corrected chi connectivity index (χ3v) is 6.99. The number of rotatable bonds is 5. The van der Waals surface area contributed by atoms with Gasteiger partial charge in [-0.3, -0.25) is 4.79 Å². The lowest BCUT2D eigenvalue weighted by Gasteiger charge is -2.55. The molecule has 1 aromatic carbocycles. The molecule has 4 saturated carbocycles. The Kier molecular flexibility index (Phi) is 4.45. The van der Waals surface area contributed by atoms with Crippen LogP contribution in [0.3, 0.4) is 0 Å². The van der Waals surface area contributed by atoms with E-state index in [9.17, 15) is 4.79 Å². The number of carbonyl (C=O) groups is 1. The molecule has 152 valence electrons. The van der Waals surface area contributed by atoms with Gasteiger partial charge in [-0.2, -0.15) is 0 Å². The number of methoxy groups -OCH3 is 2. The van der Waals surface area contributed by atoms with Crippen LogP contribution in [0.5, 0.6) is 17.4 Å². The fourth-order valence-corrected chi connectivity index (χ4v) is 6.09. The van der Waals surface area contributed by atoms with Gasteiger partial charge in [0.2, 0.25) is 5.88 Å². The Hall–Kier alpha value is -2.63. The average molecular weight is 394 g/mol. The molecule has 0 atom stereocenters. The summed E-state index contributed by atoms with van der Waals surface area (Å²) in [6, 6.07) is 9.11. The first-order chi connectivity index (χ1) is 14.1. The number of hydrogen-bond acceptors (Lipinski definition) is 6. The summed E-state index contributed by atoms with van der Waals surface area (Å²) in [5.41, 5.74) is 1.24. The predicted octanol–water partition coefficient (Wildman–Crippen LogP) is 4.28. The van der Waals surface area contributed by atoms with E-state index in [2.05, 4.69) is 10.2 Å². The standard InChI is InChI=1S/C23H26N2O4/c1-27-19-5-3-17(10-20(19)28-2)18-4-6-21(25-24-18)29-22(26)23-11-14-7-15(12-23)9-16(8-14)13-23/h3-6,10,14-16H,7-9,11-13H2,1-2H3. The van der Waals surface area contributed by atoms with Gasteiger partial charge < -0.3 is 14.2 Å². The highest BCUT2D eigenvalue weighted by Crippen LogP contribution is 2.60. The quantitative estimate of drug-likeness (QED) is 0.705. The van der Waals surface area contributed by atoms with Gasteiger partial charge in [-0.1, -0.05) is 0 Å². The van der Waals surface area contributed by atoms with Crippen LogP contribution in [0.25, 0.3) is 11.3 Å². The zero-order chi connectivity index (χ0) is 20.0. The van der Waals surface area contributed by atoms with Crippen molar-refractivity contribution in [3.05, 3.63) is 30.3 Å². The van der Waals surface area contributed by atoms with E-state index in [0.717, 1.165) is 24.8 Å². The van der Waals surface area contributed by atoms with Crippen LogP contribution in [0.4, 0.5) is 0 Å². The minimum absolute atomic E-state index is 0.107. The van der Waals surface area contributed by atoms with E-state index in [4.69, 9.17) is 14.2 Å². The van der Waals surface area contributed by atoms with Crippen molar-refractivity contribution in [2.75, 3.05) is 14.2 Å². The van der Waals surface area contributed by atoms with Crippen LogP contribution in [0, 0.1) is 23.2 Å². The van der Waals surface area contributed by atoms with Crippen LogP contribution in [0.1, 0.15) is 38.5 Å². The molecule has 0 amide bonds. The maximum atomic E-state index is 13.1. The Morgan fingerprint density at radius 3 is 2.10 bits per heavy atom. The predicted molar refractivity (Wildman–Crippen MR) is 107 cm³/mol. The van der Waals surface area contributed by atoms with E-state index in [1.807, 2.05) is 24.3 Å². The van der Waals surface area contributed by atoms with Crippen LogP contribution in [0.2, 0.25) is 0 Å². The van der Waals surface area contributed by atoms with Gasteiger partial charge in [-0.05, 0) is 80.5 Å². The van der Waals surface area contributed by atoms with Gasteiger partial charge in [0.1, 0.15) is 0 Å². The third-order valence-electron chi connectivity index (χ3n) is 6.99. The first kappa shape index (κ1) is 18.4. The van der Waals surface area contributed by atoms with Gasteiger partial charge in [-0.15, -0.1) is 10.2 Å². The first-order valence-corrected chi connectivity index (χ1v) is 10.4. The maximum Gasteiger partial charge on any atom is 0.318 e. The molecule has 2 aromatic rings. The molecule has 6 heteroatoms. The molecule has 29 heavy (non-hydrogen) atoms. The highest BCUT2D eigenvalue weighted by molar-refractivity contribution is 5.79. The molecule has 6 rings (SSSR count). The molecule has 0 saturated heterocycles. The highest BCUT2D eigenvalue weighted by atomic mass is 16.5. The zero-order valence-electron chi connectivity index (χ0n) is 16.9. The van der Waals surface area contributed by atoms with Crippen LogP contribution in [-0.4, -0.2) is 30.4 Å². The Bertz CT molecular complexity index is 890. The van der Waals surface area contributed by atoms with Crippen molar-refractivity contribution < 1.29 is 19.0 Å². The lowest BCUT2D eigenvalue weighted by atomic mass is 9.49. The number of benzene rings is 1. The Labute approximate surface area is 170 Å². The largest absolute Gasteiger partial charge is 0.493 e. The smallest absolute Gasteiger partial charge is 0.318 e. The molecule has 1 aromatic heterocycles. The third kappa shape index (κ3) is 3.24. The maximum absolute atomic E-state index is 13.1. The number of ether oxygens (including phenoxy) is 3. The van der Waals surface area contributed by atoms with Gasteiger partial charge >= 0.3 is 5.97 Å². The molecule has 4 aliphatic rings. The molecule has 1 heterocycles. The molecule has 0 aliphatic heterocycles. The Balaban J connectivity index is 1.32. The van der Waals surface area contributed by atoms with Gasteiger partial charge in [0.25, 0.3) is 0 Å². The van der Waals surface area contributed by atoms with Crippen molar-refractivity contribution in [3.63, 3.8) is 0 Å². The second kappa shape index (κ2) is 7.01. The summed E-state index contributed by atoms with van der Waals surface area (Å²) in [4.78, 5) is 13.1. The lowest BCUT2D eigenvalue weighted by Crippen LogP contribution is -2.51. The lowest BCUT2D eigenvalue weighted by molar-refractivity contribution is -0.161. The van der Waals surface area contributed by atoms with Gasteiger partial charge in [0, 0.05) is 11.6 Å². The van der Waals surface area contributed by atoms with Crippen LogP contribution in [0.15, 0.2) is 30.3 Å². The van der Waals surface area contributed by atoms with Crippen molar-refractivity contribution in [1.82, 2.24) is 10.2 Å². The van der Waals surface area contributed by atoms with Crippen molar-refractivity contribution in [3.8, 4) is 28.6 Å². The normalized spacial score (nSPS) is 29.5. The SMILES string of the molecule is COc1ccc(-c2ccc(OC(=O)C34CC5CC(CC(C5)C3)C4)nn2)cc1OC. The van der Waals surface area contributed by atoms with E-state index in [-0.39, 0.29) is 17.3 Å². The average Bonchev–Trinajstić information content (AvgIpc) is 2.73. The summed E-state index contributed by atoms with van der Waals surface area (Å²) in [5.74, 6) is 3.56. The number of hydrogen-bond donors (Lipinski definition) is 0. The fraction of sp³-hybridized carbons (Fsp3) is 0.522. The minimum atomic E-state index is -0.293. The molecule has 0 radical (unpaired) electrons. The molecular formula is C23H26N2O4. The highest BCUT2D eigenvalue weighted by Gasteiger charge is 2.55. The topological polar surface area (TPSA) is 70.5 Å². The summed E-state index contributed by atoms with van der Waals surface area (Å²) < 4.78 is 16.3. The molecule has 4 fully saturated rings. The van der Waals surface area contributed by atoms with E-state index < -0.39 is 0 Å². The molecule has 4 aliphatic carbocycles. The summed E-state index contributed by atoms with van der Waals surface area (Å²) in [6.45, 7) is 0. The molecule has 0 unspecified atom stereocenters. The number of nitrogens with zero attached hydrogens (tertiary/aromatic N) is 2. The van der Waals surface area contributed by atoms with E-state index >= 15 is 0 Å². The summed E-state index contributed by atoms with van der Waals surface area (Å²) in [6.07, 6.45) is 6.84. The van der Waals surface area contributed by atoms with Gasteiger partial charge in [-0.25, -0.2) is 0 Å².